The maximum Gasteiger partial charge on any atom is 0.272 e. The molecule has 1 rings (SSSR count). The van der Waals surface area contributed by atoms with Gasteiger partial charge in [-0.25, -0.2) is 4.39 Å². The van der Waals surface area contributed by atoms with Gasteiger partial charge in [-0.3, -0.25) is 10.1 Å². The van der Waals surface area contributed by atoms with E-state index in [0.29, 0.717) is 12.1 Å². The summed E-state index contributed by atoms with van der Waals surface area (Å²) in [6.07, 6.45) is 0. The molecule has 1 unspecified atom stereocenters. The van der Waals surface area contributed by atoms with Crippen molar-refractivity contribution >= 4 is 5.69 Å². The van der Waals surface area contributed by atoms with Crippen molar-refractivity contribution < 1.29 is 9.31 Å². The molecule has 0 heterocycles. The molecule has 0 fully saturated rings. The van der Waals surface area contributed by atoms with Crippen molar-refractivity contribution in [3.8, 4) is 0 Å². The number of nitro groups is 1. The molecule has 1 aromatic carbocycles. The van der Waals surface area contributed by atoms with Crippen molar-refractivity contribution in [1.82, 2.24) is 5.32 Å². The van der Waals surface area contributed by atoms with Gasteiger partial charge in [-0.15, -0.1) is 0 Å². The van der Waals surface area contributed by atoms with Crippen molar-refractivity contribution in [3.05, 3.63) is 39.7 Å². The summed E-state index contributed by atoms with van der Waals surface area (Å²) in [7, 11) is 0. The highest BCUT2D eigenvalue weighted by Gasteiger charge is 2.19. The SMILES string of the molecule is CC(NCc1cc(F)cc([N+](=O)[O-])c1)C(C)(C)C. The van der Waals surface area contributed by atoms with Gasteiger partial charge in [-0.05, 0) is 24.0 Å². The van der Waals surface area contributed by atoms with Crippen LogP contribution in [0.2, 0.25) is 0 Å². The van der Waals surface area contributed by atoms with Gasteiger partial charge < -0.3 is 5.32 Å². The zero-order chi connectivity index (χ0) is 13.9. The van der Waals surface area contributed by atoms with Crippen LogP contribution in [0.4, 0.5) is 10.1 Å². The molecule has 0 aromatic heterocycles. The van der Waals surface area contributed by atoms with Gasteiger partial charge in [0.1, 0.15) is 5.82 Å². The molecule has 5 heteroatoms. The smallest absolute Gasteiger partial charge is 0.272 e. The second-order valence-corrected chi connectivity index (χ2v) is 5.54. The molecule has 0 amide bonds. The Morgan fingerprint density at radius 2 is 2.00 bits per heavy atom. The average molecular weight is 254 g/mol. The summed E-state index contributed by atoms with van der Waals surface area (Å²) in [6.45, 7) is 8.74. The zero-order valence-corrected chi connectivity index (χ0v) is 11.2. The highest BCUT2D eigenvalue weighted by molar-refractivity contribution is 5.35. The molecule has 0 aliphatic rings. The Morgan fingerprint density at radius 1 is 1.39 bits per heavy atom. The van der Waals surface area contributed by atoms with Crippen LogP contribution in [0.25, 0.3) is 0 Å². The van der Waals surface area contributed by atoms with Crippen LogP contribution in [0.1, 0.15) is 33.3 Å². The van der Waals surface area contributed by atoms with E-state index in [0.717, 1.165) is 6.07 Å². The summed E-state index contributed by atoms with van der Waals surface area (Å²) in [4.78, 5) is 10.0. The minimum Gasteiger partial charge on any atom is -0.310 e. The lowest BCUT2D eigenvalue weighted by atomic mass is 9.88. The molecular weight excluding hydrogens is 235 g/mol. The van der Waals surface area contributed by atoms with Gasteiger partial charge in [-0.2, -0.15) is 0 Å². The van der Waals surface area contributed by atoms with E-state index in [2.05, 4.69) is 26.1 Å². The molecule has 0 aliphatic carbocycles. The summed E-state index contributed by atoms with van der Waals surface area (Å²) in [5, 5.41) is 13.9. The molecule has 0 spiro atoms. The average Bonchev–Trinajstić information content (AvgIpc) is 2.23. The monoisotopic (exact) mass is 254 g/mol. The largest absolute Gasteiger partial charge is 0.310 e. The third-order valence-corrected chi connectivity index (χ3v) is 3.06. The van der Waals surface area contributed by atoms with Gasteiger partial charge in [0.05, 0.1) is 11.0 Å². The fourth-order valence-corrected chi connectivity index (χ4v) is 1.42. The molecule has 1 atom stereocenters. The summed E-state index contributed by atoms with van der Waals surface area (Å²) in [5.41, 5.74) is 0.451. The Bertz CT molecular complexity index is 441. The second kappa shape index (κ2) is 5.44. The van der Waals surface area contributed by atoms with E-state index in [1.54, 1.807) is 0 Å². The maximum absolute atomic E-state index is 13.2. The number of nitrogens with zero attached hydrogens (tertiary/aromatic N) is 1. The third kappa shape index (κ3) is 4.07. The number of nitrogens with one attached hydrogen (secondary N) is 1. The lowest BCUT2D eigenvalue weighted by Crippen LogP contribution is -2.37. The van der Waals surface area contributed by atoms with E-state index >= 15 is 0 Å². The Morgan fingerprint density at radius 3 is 2.50 bits per heavy atom. The molecule has 1 N–H and O–H groups in total. The van der Waals surface area contributed by atoms with Crippen LogP contribution in [0.5, 0.6) is 0 Å². The van der Waals surface area contributed by atoms with E-state index in [1.807, 2.05) is 6.92 Å². The normalized spacial score (nSPS) is 13.4. The van der Waals surface area contributed by atoms with Crippen molar-refractivity contribution in [2.75, 3.05) is 0 Å². The van der Waals surface area contributed by atoms with Gasteiger partial charge in [0, 0.05) is 18.7 Å². The first-order chi connectivity index (χ1) is 8.20. The number of rotatable bonds is 4. The first-order valence-electron chi connectivity index (χ1n) is 5.87. The van der Waals surface area contributed by atoms with E-state index < -0.39 is 10.7 Å². The van der Waals surface area contributed by atoms with Crippen LogP contribution < -0.4 is 5.32 Å². The molecule has 1 aromatic rings. The molecule has 4 nitrogen and oxygen atoms in total. The van der Waals surface area contributed by atoms with Gasteiger partial charge in [-0.1, -0.05) is 20.8 Å². The minimum absolute atomic E-state index is 0.0826. The molecule has 0 saturated carbocycles. The fourth-order valence-electron chi connectivity index (χ4n) is 1.42. The zero-order valence-electron chi connectivity index (χ0n) is 11.2. The minimum atomic E-state index is -0.584. The Kier molecular flexibility index (Phi) is 4.40. The third-order valence-electron chi connectivity index (χ3n) is 3.06. The number of halogens is 1. The topological polar surface area (TPSA) is 55.2 Å². The van der Waals surface area contributed by atoms with Crippen molar-refractivity contribution in [1.29, 1.82) is 0 Å². The highest BCUT2D eigenvalue weighted by Crippen LogP contribution is 2.20. The van der Waals surface area contributed by atoms with Crippen molar-refractivity contribution in [2.24, 2.45) is 5.41 Å². The Balaban J connectivity index is 2.77. The first kappa shape index (κ1) is 14.6. The molecular formula is C13H19FN2O2. The predicted octanol–water partition coefficient (Wildman–Crippen LogP) is 3.26. The highest BCUT2D eigenvalue weighted by atomic mass is 19.1. The van der Waals surface area contributed by atoms with Gasteiger partial charge >= 0.3 is 0 Å². The summed E-state index contributed by atoms with van der Waals surface area (Å²) in [6, 6.07) is 3.86. The van der Waals surface area contributed by atoms with Crippen LogP contribution in [-0.2, 0) is 6.54 Å². The van der Waals surface area contributed by atoms with Crippen LogP contribution in [0.15, 0.2) is 18.2 Å². The van der Waals surface area contributed by atoms with Crippen LogP contribution in [0.3, 0.4) is 0 Å². The fraction of sp³-hybridized carbons (Fsp3) is 0.538. The standard InChI is InChI=1S/C13H19FN2O2/c1-9(13(2,3)4)15-8-10-5-11(14)7-12(6-10)16(17)18/h5-7,9,15H,8H2,1-4H3. The van der Waals surface area contributed by atoms with Gasteiger partial charge in [0.2, 0.25) is 0 Å². The molecule has 0 saturated heterocycles. The van der Waals surface area contributed by atoms with Gasteiger partial charge in [0.25, 0.3) is 5.69 Å². The van der Waals surface area contributed by atoms with Crippen LogP contribution >= 0.6 is 0 Å². The second-order valence-electron chi connectivity index (χ2n) is 5.54. The molecule has 18 heavy (non-hydrogen) atoms. The molecule has 0 aliphatic heterocycles. The van der Waals surface area contributed by atoms with E-state index in [-0.39, 0.29) is 17.1 Å². The molecule has 0 radical (unpaired) electrons. The van der Waals surface area contributed by atoms with E-state index in [9.17, 15) is 14.5 Å². The number of non-ortho nitro benzene ring substituents is 1. The van der Waals surface area contributed by atoms with Crippen LogP contribution in [0, 0.1) is 21.3 Å². The summed E-state index contributed by atoms with van der Waals surface area (Å²) < 4.78 is 13.2. The van der Waals surface area contributed by atoms with E-state index in [1.165, 1.54) is 12.1 Å². The molecule has 100 valence electrons. The summed E-state index contributed by atoms with van der Waals surface area (Å²) in [5.74, 6) is -0.579. The number of benzene rings is 1. The number of nitro benzene ring substituents is 1. The van der Waals surface area contributed by atoms with Crippen LogP contribution in [-0.4, -0.2) is 11.0 Å². The lowest BCUT2D eigenvalue weighted by Gasteiger charge is -2.28. The van der Waals surface area contributed by atoms with Gasteiger partial charge in [0.15, 0.2) is 0 Å². The Labute approximate surface area is 106 Å². The maximum atomic E-state index is 13.2. The first-order valence-corrected chi connectivity index (χ1v) is 5.87. The number of hydrogen-bond donors (Lipinski definition) is 1. The lowest BCUT2D eigenvalue weighted by molar-refractivity contribution is -0.385. The number of hydrogen-bond acceptors (Lipinski definition) is 3. The summed E-state index contributed by atoms with van der Waals surface area (Å²) >= 11 is 0. The quantitative estimate of drug-likeness (QED) is 0.662. The predicted molar refractivity (Wildman–Crippen MR) is 68.8 cm³/mol. The van der Waals surface area contributed by atoms with E-state index in [4.69, 9.17) is 0 Å². The van der Waals surface area contributed by atoms with Crippen molar-refractivity contribution in [2.45, 2.75) is 40.3 Å². The van der Waals surface area contributed by atoms with Crippen molar-refractivity contribution in [3.63, 3.8) is 0 Å². The molecule has 0 bridgehead atoms. The Hall–Kier alpha value is -1.49.